The summed E-state index contributed by atoms with van der Waals surface area (Å²) in [7, 11) is 0. The monoisotopic (exact) mass is 313 g/mol. The molecule has 0 spiro atoms. The average molecular weight is 313 g/mol. The van der Waals surface area contributed by atoms with Crippen molar-refractivity contribution in [2.45, 2.75) is 12.8 Å². The molecule has 3 rings (SSSR count). The number of amides is 1. The molecule has 1 aromatic carbocycles. The summed E-state index contributed by atoms with van der Waals surface area (Å²) < 4.78 is 0. The fraction of sp³-hybridized carbons (Fsp3) is 0.444. The van der Waals surface area contributed by atoms with Crippen molar-refractivity contribution in [1.82, 2.24) is 4.90 Å². The molecule has 1 fully saturated rings. The van der Waals surface area contributed by atoms with Crippen molar-refractivity contribution >= 4 is 17.6 Å². The van der Waals surface area contributed by atoms with E-state index in [4.69, 9.17) is 0 Å². The molecule has 1 aliphatic heterocycles. The normalized spacial score (nSPS) is 24.5. The fourth-order valence-corrected chi connectivity index (χ4v) is 3.41. The van der Waals surface area contributed by atoms with Crippen LogP contribution in [-0.2, 0) is 9.59 Å². The van der Waals surface area contributed by atoms with E-state index in [1.165, 1.54) is 0 Å². The lowest BCUT2D eigenvalue weighted by Gasteiger charge is -2.39. The highest BCUT2D eigenvalue weighted by molar-refractivity contribution is 5.85. The van der Waals surface area contributed by atoms with Crippen molar-refractivity contribution in [3.63, 3.8) is 0 Å². The van der Waals surface area contributed by atoms with Crippen molar-refractivity contribution in [2.75, 3.05) is 31.1 Å². The fourth-order valence-electron chi connectivity index (χ4n) is 3.41. The standard InChI is InChI=1S/C18H22N2O3/c21-17(15-8-4-5-9-16(15)18(22)23)20-12-10-19(11-13-20)14-6-2-1-3-7-14/h1-7,15-16H,8-13H2,(H,22,23)/p-1/t15-,16-/m1/s1. The number of hydrogen-bond acceptors (Lipinski definition) is 4. The van der Waals surface area contributed by atoms with Gasteiger partial charge in [-0.2, -0.15) is 0 Å². The summed E-state index contributed by atoms with van der Waals surface area (Å²) in [6.45, 7) is 2.81. The highest BCUT2D eigenvalue weighted by Crippen LogP contribution is 2.28. The Bertz CT molecular complexity index is 592. The van der Waals surface area contributed by atoms with E-state index in [9.17, 15) is 14.7 Å². The number of nitrogens with zero attached hydrogens (tertiary/aromatic N) is 2. The first-order valence-corrected chi connectivity index (χ1v) is 8.11. The molecule has 0 bridgehead atoms. The van der Waals surface area contributed by atoms with Gasteiger partial charge in [-0.05, 0) is 25.0 Å². The zero-order chi connectivity index (χ0) is 16.2. The van der Waals surface area contributed by atoms with E-state index in [-0.39, 0.29) is 5.91 Å². The Hall–Kier alpha value is -2.30. The topological polar surface area (TPSA) is 63.7 Å². The van der Waals surface area contributed by atoms with E-state index in [0.29, 0.717) is 25.9 Å². The van der Waals surface area contributed by atoms with Gasteiger partial charge in [-0.1, -0.05) is 30.4 Å². The summed E-state index contributed by atoms with van der Waals surface area (Å²) in [5, 5.41) is 11.3. The third kappa shape index (κ3) is 3.38. The molecule has 0 radical (unpaired) electrons. The number of carbonyl (C=O) groups excluding carboxylic acids is 2. The molecule has 0 N–H and O–H groups in total. The van der Waals surface area contributed by atoms with Gasteiger partial charge in [0.1, 0.15) is 0 Å². The number of benzene rings is 1. The Morgan fingerprint density at radius 2 is 1.52 bits per heavy atom. The second-order valence-electron chi connectivity index (χ2n) is 6.12. The predicted molar refractivity (Wildman–Crippen MR) is 85.6 cm³/mol. The van der Waals surface area contributed by atoms with Crippen molar-refractivity contribution < 1.29 is 14.7 Å². The first-order valence-electron chi connectivity index (χ1n) is 8.11. The maximum atomic E-state index is 12.7. The van der Waals surface area contributed by atoms with E-state index in [1.54, 1.807) is 4.90 Å². The third-order valence-corrected chi connectivity index (χ3v) is 4.77. The highest BCUT2D eigenvalue weighted by atomic mass is 16.4. The van der Waals surface area contributed by atoms with Gasteiger partial charge in [0.15, 0.2) is 0 Å². The van der Waals surface area contributed by atoms with Crippen LogP contribution < -0.4 is 10.0 Å². The van der Waals surface area contributed by atoms with Gasteiger partial charge in [0, 0.05) is 49.7 Å². The van der Waals surface area contributed by atoms with Gasteiger partial charge in [-0.15, -0.1) is 0 Å². The molecule has 1 amide bonds. The predicted octanol–water partition coefficient (Wildman–Crippen LogP) is 0.667. The lowest BCUT2D eigenvalue weighted by atomic mass is 9.82. The van der Waals surface area contributed by atoms with E-state index in [0.717, 1.165) is 18.8 Å². The number of piperazine rings is 1. The Labute approximate surface area is 136 Å². The summed E-state index contributed by atoms with van der Waals surface area (Å²) in [4.78, 5) is 28.0. The van der Waals surface area contributed by atoms with Crippen LogP contribution in [0.3, 0.4) is 0 Å². The number of hydrogen-bond donors (Lipinski definition) is 0. The average Bonchev–Trinajstić information content (AvgIpc) is 2.62. The molecule has 2 aliphatic rings. The van der Waals surface area contributed by atoms with Crippen molar-refractivity contribution in [3.05, 3.63) is 42.5 Å². The third-order valence-electron chi connectivity index (χ3n) is 4.77. The van der Waals surface area contributed by atoms with E-state index >= 15 is 0 Å². The lowest BCUT2D eigenvalue weighted by Crippen LogP contribution is -2.52. The van der Waals surface area contributed by atoms with E-state index < -0.39 is 17.8 Å². The van der Waals surface area contributed by atoms with Crippen LogP contribution in [0.25, 0.3) is 0 Å². The number of para-hydroxylation sites is 1. The molecule has 2 atom stereocenters. The minimum absolute atomic E-state index is 0.0451. The SMILES string of the molecule is O=C([O-])[C@@H]1CC=CC[C@H]1C(=O)N1CCN(c2ccccc2)CC1. The summed E-state index contributed by atoms with van der Waals surface area (Å²) in [6.07, 6.45) is 4.62. The molecule has 0 aromatic heterocycles. The number of rotatable bonds is 3. The number of aliphatic carboxylic acids is 1. The van der Waals surface area contributed by atoms with E-state index in [1.807, 2.05) is 30.4 Å². The molecular weight excluding hydrogens is 292 g/mol. The molecule has 0 saturated carbocycles. The van der Waals surface area contributed by atoms with Gasteiger partial charge >= 0.3 is 0 Å². The Morgan fingerprint density at radius 3 is 2.13 bits per heavy atom. The second-order valence-corrected chi connectivity index (χ2v) is 6.12. The first-order chi connectivity index (χ1) is 11.2. The van der Waals surface area contributed by atoms with Crippen LogP contribution in [0.1, 0.15) is 12.8 Å². The number of carboxylic acids is 1. The number of allylic oxidation sites excluding steroid dienone is 2. The summed E-state index contributed by atoms with van der Waals surface area (Å²) in [5.41, 5.74) is 1.16. The van der Waals surface area contributed by atoms with Gasteiger partial charge in [0.05, 0.1) is 0 Å². The second kappa shape index (κ2) is 6.86. The molecule has 23 heavy (non-hydrogen) atoms. The molecule has 122 valence electrons. The molecule has 5 heteroatoms. The molecule has 1 aliphatic carbocycles. The molecular formula is C18H21N2O3-. The molecule has 5 nitrogen and oxygen atoms in total. The van der Waals surface area contributed by atoms with Crippen molar-refractivity contribution in [3.8, 4) is 0 Å². The van der Waals surface area contributed by atoms with Crippen molar-refractivity contribution in [2.24, 2.45) is 11.8 Å². The Balaban J connectivity index is 1.62. The van der Waals surface area contributed by atoms with Crippen LogP contribution >= 0.6 is 0 Å². The lowest BCUT2D eigenvalue weighted by molar-refractivity contribution is -0.313. The maximum Gasteiger partial charge on any atom is 0.226 e. The highest BCUT2D eigenvalue weighted by Gasteiger charge is 2.34. The number of anilines is 1. The quantitative estimate of drug-likeness (QED) is 0.769. The Morgan fingerprint density at radius 1 is 0.913 bits per heavy atom. The summed E-state index contributed by atoms with van der Waals surface area (Å²) >= 11 is 0. The van der Waals surface area contributed by atoms with Crippen molar-refractivity contribution in [1.29, 1.82) is 0 Å². The van der Waals surface area contributed by atoms with E-state index in [2.05, 4.69) is 17.0 Å². The molecule has 1 heterocycles. The smallest absolute Gasteiger partial charge is 0.226 e. The molecule has 0 unspecified atom stereocenters. The summed E-state index contributed by atoms with van der Waals surface area (Å²) in [6, 6.07) is 10.1. The first kappa shape index (κ1) is 15.6. The summed E-state index contributed by atoms with van der Waals surface area (Å²) in [5.74, 6) is -2.33. The largest absolute Gasteiger partial charge is 0.550 e. The number of carbonyl (C=O) groups is 2. The van der Waals surface area contributed by atoms with Gasteiger partial charge < -0.3 is 19.7 Å². The molecule has 1 aromatic rings. The molecule has 1 saturated heterocycles. The Kier molecular flexibility index (Phi) is 4.65. The maximum absolute atomic E-state index is 12.7. The minimum atomic E-state index is -1.12. The van der Waals surface area contributed by atoms with Crippen LogP contribution in [0.15, 0.2) is 42.5 Å². The van der Waals surface area contributed by atoms with Gasteiger partial charge in [-0.25, -0.2) is 0 Å². The minimum Gasteiger partial charge on any atom is -0.550 e. The zero-order valence-corrected chi connectivity index (χ0v) is 13.1. The van der Waals surface area contributed by atoms with Gasteiger partial charge in [-0.3, -0.25) is 4.79 Å². The van der Waals surface area contributed by atoms with Crippen LogP contribution in [0.4, 0.5) is 5.69 Å². The van der Waals surface area contributed by atoms with Crippen LogP contribution in [0.2, 0.25) is 0 Å². The number of carboxylic acid groups (broad SMARTS) is 1. The van der Waals surface area contributed by atoms with Gasteiger partial charge in [0.25, 0.3) is 0 Å². The van der Waals surface area contributed by atoms with Crippen LogP contribution in [0, 0.1) is 11.8 Å². The van der Waals surface area contributed by atoms with Crippen LogP contribution in [-0.4, -0.2) is 43.0 Å². The zero-order valence-electron chi connectivity index (χ0n) is 13.1. The van der Waals surface area contributed by atoms with Crippen LogP contribution in [0.5, 0.6) is 0 Å². The van der Waals surface area contributed by atoms with Gasteiger partial charge in [0.2, 0.25) is 5.91 Å².